The molecule has 0 heterocycles. The first kappa shape index (κ1) is 76.7. The number of benzene rings is 8. The quantitative estimate of drug-likeness (QED) is 0.0250. The van der Waals surface area contributed by atoms with Gasteiger partial charge in [-0.25, -0.2) is 0 Å². The second kappa shape index (κ2) is 34.0. The van der Waals surface area contributed by atoms with Gasteiger partial charge in [-0.2, -0.15) is 33.7 Å². The molecule has 9 rings (SSSR count). The van der Waals surface area contributed by atoms with Crippen molar-refractivity contribution < 1.29 is 88.5 Å². The Hall–Kier alpha value is -7.44. The molecule has 0 aliphatic heterocycles. The highest BCUT2D eigenvalue weighted by Crippen LogP contribution is 2.40. The molecule has 0 radical (unpaired) electrons. The van der Waals surface area contributed by atoms with E-state index in [1.807, 2.05) is 0 Å². The third-order valence-corrected chi connectivity index (χ3v) is 22.7. The maximum Gasteiger partial charge on any atom is 0.339 e. The molecule has 0 unspecified atom stereocenters. The van der Waals surface area contributed by atoms with E-state index in [4.69, 9.17) is 35.7 Å². The number of hydrogen-bond donors (Lipinski definition) is 0. The Balaban J connectivity index is 1.45. The van der Waals surface area contributed by atoms with Crippen LogP contribution in [0, 0.1) is 0 Å². The summed E-state index contributed by atoms with van der Waals surface area (Å²) < 4.78 is 166. The standard InChI is InChI=1S/C72H68Br4O20S4/c1-5-25-89-69(77)41-65-45-29-47-35-58(94-98(83,84)62-19-11-54(74)12-20-62)37-49(66(47)42-70(78)90-26-6-2)31-51-39-60(96-100(87,88)64-23-15-56(76)16-24-64)40-52(68(51)44-72(80)92-28-8-4)32-50-38-59(95-99(85,86)63-21-13-55(75)14-22-63)36-48(67(50)43-71(79)91-27-7-3)30-46(65)34-57(33-45)93-97(81,82)61-17-9-53(73)10-18-61/h9-24,33-40H,5-8,25-32,41-44H2,1-4H3. The zero-order chi connectivity index (χ0) is 72.1. The van der Waals surface area contributed by atoms with Gasteiger partial charge in [0.2, 0.25) is 0 Å². The summed E-state index contributed by atoms with van der Waals surface area (Å²) in [5.41, 5.74) is 1.92. The van der Waals surface area contributed by atoms with E-state index in [1.54, 1.807) is 27.7 Å². The van der Waals surface area contributed by atoms with Crippen LogP contribution in [0.25, 0.3) is 0 Å². The second-order valence-electron chi connectivity index (χ2n) is 23.1. The number of carbonyl (C=O) groups excluding carboxylic acids is 4. The molecule has 0 amide bonds. The molecule has 28 heteroatoms. The highest BCUT2D eigenvalue weighted by atomic mass is 79.9. The lowest BCUT2D eigenvalue weighted by atomic mass is 9.82. The van der Waals surface area contributed by atoms with Gasteiger partial charge in [0.1, 0.15) is 42.6 Å². The molecule has 0 fully saturated rings. The fourth-order valence-electron chi connectivity index (χ4n) is 11.0. The van der Waals surface area contributed by atoms with Crippen molar-refractivity contribution in [3.05, 3.63) is 230 Å². The first-order valence-electron chi connectivity index (χ1n) is 31.6. The molecule has 8 aromatic rings. The van der Waals surface area contributed by atoms with Crippen molar-refractivity contribution in [2.75, 3.05) is 26.4 Å². The second-order valence-corrected chi connectivity index (χ2v) is 33.0. The Morgan fingerprint density at radius 1 is 0.290 bits per heavy atom. The summed E-state index contributed by atoms with van der Waals surface area (Å²) in [6, 6.07) is 33.4. The molecule has 1 aliphatic carbocycles. The molecule has 8 aromatic carbocycles. The number of halogens is 4. The van der Waals surface area contributed by atoms with E-state index in [-0.39, 0.29) is 136 Å². The highest BCUT2D eigenvalue weighted by Gasteiger charge is 2.31. The lowest BCUT2D eigenvalue weighted by molar-refractivity contribution is -0.143. The van der Waals surface area contributed by atoms with E-state index < -0.39 is 116 Å². The molecular formula is C72H68Br4O20S4. The molecule has 20 nitrogen and oxygen atoms in total. The van der Waals surface area contributed by atoms with E-state index in [9.17, 15) is 52.8 Å². The Morgan fingerprint density at radius 2 is 0.450 bits per heavy atom. The van der Waals surface area contributed by atoms with Crippen LogP contribution in [0.15, 0.2) is 183 Å². The minimum absolute atomic E-state index is 0.0171. The van der Waals surface area contributed by atoms with Crippen molar-refractivity contribution in [3.8, 4) is 23.0 Å². The van der Waals surface area contributed by atoms with Crippen LogP contribution in [0.1, 0.15) is 120 Å². The highest BCUT2D eigenvalue weighted by molar-refractivity contribution is 9.11. The van der Waals surface area contributed by atoms with Crippen molar-refractivity contribution in [1.82, 2.24) is 0 Å². The number of carbonyl (C=O) groups is 4. The third-order valence-electron chi connectivity index (χ3n) is 15.5. The van der Waals surface area contributed by atoms with Crippen LogP contribution in [0.5, 0.6) is 23.0 Å². The minimum Gasteiger partial charge on any atom is -0.465 e. The monoisotopic (exact) mass is 1700 g/mol. The molecule has 100 heavy (non-hydrogen) atoms. The molecule has 1 aliphatic rings. The summed E-state index contributed by atoms with van der Waals surface area (Å²) in [4.78, 5) is 56.7. The van der Waals surface area contributed by atoms with Gasteiger partial charge >= 0.3 is 64.3 Å². The Kier molecular flexibility index (Phi) is 26.1. The summed E-state index contributed by atoms with van der Waals surface area (Å²) in [5.74, 6) is -4.26. The van der Waals surface area contributed by atoms with Gasteiger partial charge in [-0.3, -0.25) is 19.2 Å². The smallest absolute Gasteiger partial charge is 0.339 e. The number of ether oxygens (including phenoxy) is 4. The van der Waals surface area contributed by atoms with Crippen LogP contribution >= 0.6 is 63.7 Å². The van der Waals surface area contributed by atoms with E-state index in [0.29, 0.717) is 43.6 Å². The lowest BCUT2D eigenvalue weighted by Gasteiger charge is -2.24. The van der Waals surface area contributed by atoms with Gasteiger partial charge < -0.3 is 35.7 Å². The van der Waals surface area contributed by atoms with Gasteiger partial charge in [-0.15, -0.1) is 0 Å². The summed E-state index contributed by atoms with van der Waals surface area (Å²) in [5, 5.41) is 0. The largest absolute Gasteiger partial charge is 0.465 e. The Morgan fingerprint density at radius 3 is 0.600 bits per heavy atom. The van der Waals surface area contributed by atoms with Crippen molar-refractivity contribution in [1.29, 1.82) is 0 Å². The van der Waals surface area contributed by atoms with Gasteiger partial charge in [0, 0.05) is 17.9 Å². The van der Waals surface area contributed by atoms with Crippen LogP contribution in [0.4, 0.5) is 0 Å². The summed E-state index contributed by atoms with van der Waals surface area (Å²) >= 11 is 13.4. The van der Waals surface area contributed by atoms with Gasteiger partial charge in [0.25, 0.3) is 0 Å². The Labute approximate surface area is 615 Å². The molecule has 8 bridgehead atoms. The van der Waals surface area contributed by atoms with Gasteiger partial charge in [0.05, 0.1) is 52.1 Å². The third kappa shape index (κ3) is 20.4. The fourth-order valence-corrected chi connectivity index (χ4v) is 15.7. The van der Waals surface area contributed by atoms with E-state index in [0.717, 1.165) is 0 Å². The van der Waals surface area contributed by atoms with Crippen LogP contribution < -0.4 is 16.7 Å². The first-order chi connectivity index (χ1) is 47.5. The zero-order valence-electron chi connectivity index (χ0n) is 54.5. The molecule has 0 saturated heterocycles. The lowest BCUT2D eigenvalue weighted by Crippen LogP contribution is -2.19. The number of hydrogen-bond acceptors (Lipinski definition) is 20. The van der Waals surface area contributed by atoms with Gasteiger partial charge in [-0.05, 0) is 264 Å². The minimum atomic E-state index is -4.73. The normalized spacial score (nSPS) is 12.4. The van der Waals surface area contributed by atoms with Crippen molar-refractivity contribution in [2.24, 2.45) is 0 Å². The average Bonchev–Trinajstić information content (AvgIpc) is 0.767. The van der Waals surface area contributed by atoms with Crippen molar-refractivity contribution >= 4 is 128 Å². The van der Waals surface area contributed by atoms with E-state index in [2.05, 4.69) is 63.7 Å². The maximum atomic E-state index is 14.6. The van der Waals surface area contributed by atoms with E-state index in [1.165, 1.54) is 146 Å². The molecule has 0 saturated carbocycles. The zero-order valence-corrected chi connectivity index (χ0v) is 64.1. The topological polar surface area (TPSA) is 279 Å². The van der Waals surface area contributed by atoms with Crippen LogP contribution in [-0.2, 0) is 130 Å². The van der Waals surface area contributed by atoms with Crippen LogP contribution in [-0.4, -0.2) is 84.0 Å². The molecule has 528 valence electrons. The van der Waals surface area contributed by atoms with E-state index >= 15 is 0 Å². The number of rotatable bonds is 28. The van der Waals surface area contributed by atoms with Gasteiger partial charge in [0.15, 0.2) is 0 Å². The maximum absolute atomic E-state index is 14.6. The molecular weight excluding hydrogens is 1630 g/mol. The van der Waals surface area contributed by atoms with Gasteiger partial charge in [-0.1, -0.05) is 91.4 Å². The number of esters is 4. The van der Waals surface area contributed by atoms with Crippen molar-refractivity contribution in [2.45, 2.75) is 124 Å². The number of fused-ring (bicyclic) bond motifs is 8. The molecule has 0 N–H and O–H groups in total. The summed E-state index contributed by atoms with van der Waals surface area (Å²) in [6.45, 7) is 7.10. The summed E-state index contributed by atoms with van der Waals surface area (Å²) in [6.07, 6.45) is -2.04. The fraction of sp³-hybridized carbons (Fsp3) is 0.278. The predicted octanol–water partition coefficient (Wildman–Crippen LogP) is 14.5. The average molecular weight is 1700 g/mol. The predicted molar refractivity (Wildman–Crippen MR) is 385 cm³/mol. The van der Waals surface area contributed by atoms with Crippen LogP contribution in [0.3, 0.4) is 0 Å². The van der Waals surface area contributed by atoms with Crippen LogP contribution in [0.2, 0.25) is 0 Å². The first-order valence-corrected chi connectivity index (χ1v) is 40.4. The molecule has 0 atom stereocenters. The SMILES string of the molecule is CCCOC(=O)Cc1c2cc(OS(=O)(=O)c3ccc(Br)cc3)cc1Cc1cc(OS(=O)(=O)c3ccc(Br)cc3)cc(c1CC(=O)OCCC)Cc1cc(OS(=O)(=O)c3ccc(Br)cc3)cc(c1CC(=O)OCCC)Cc1cc(OS(=O)(=O)c3ccc(Br)cc3)cc(c1CC(=O)OCCC)C2. The van der Waals surface area contributed by atoms with Crippen molar-refractivity contribution in [3.63, 3.8) is 0 Å². The summed E-state index contributed by atoms with van der Waals surface area (Å²) in [7, 11) is -18.9. The molecule has 0 aromatic heterocycles. The Bertz CT molecular complexity index is 4130. The molecule has 0 spiro atoms.